The van der Waals surface area contributed by atoms with E-state index in [2.05, 4.69) is 0 Å². The predicted octanol–water partition coefficient (Wildman–Crippen LogP) is 4.07. The van der Waals surface area contributed by atoms with Crippen molar-refractivity contribution in [3.8, 4) is 0 Å². The van der Waals surface area contributed by atoms with Crippen LogP contribution in [0.4, 0.5) is 0 Å². The maximum absolute atomic E-state index is 13.7. The number of Topliss-reactive ketones (excluding diaryl/α,β-unsaturated/α-hetero) is 2. The molecule has 4 atom stereocenters. The van der Waals surface area contributed by atoms with E-state index in [1.54, 1.807) is 26.0 Å². The Bertz CT molecular complexity index is 1140. The molecule has 0 radical (unpaired) electrons. The first-order valence-corrected chi connectivity index (χ1v) is 12.2. The SMILES string of the molecule is COC(=O)CCC1(C)C(C(=O)CC2=CC(C)(C)C(CC(=O)OC)C(C)C2=O)=CC(=O)OC1c1ccoc1. The van der Waals surface area contributed by atoms with Crippen LogP contribution in [-0.4, -0.2) is 43.7 Å². The molecular weight excluding hydrogens is 480 g/mol. The lowest BCUT2D eigenvalue weighted by atomic mass is 9.63. The Kier molecular flexibility index (Phi) is 8.25. The van der Waals surface area contributed by atoms with Gasteiger partial charge < -0.3 is 18.6 Å². The van der Waals surface area contributed by atoms with E-state index < -0.39 is 46.5 Å². The van der Waals surface area contributed by atoms with Gasteiger partial charge in [-0.1, -0.05) is 33.8 Å². The fourth-order valence-corrected chi connectivity index (χ4v) is 5.55. The monoisotopic (exact) mass is 514 g/mol. The Hall–Kier alpha value is -3.49. The molecule has 37 heavy (non-hydrogen) atoms. The van der Waals surface area contributed by atoms with Crippen molar-refractivity contribution in [3.05, 3.63) is 47.5 Å². The molecule has 0 saturated heterocycles. The van der Waals surface area contributed by atoms with Gasteiger partial charge in [0.1, 0.15) is 6.10 Å². The summed E-state index contributed by atoms with van der Waals surface area (Å²) in [5.41, 5.74) is -0.568. The van der Waals surface area contributed by atoms with Crippen LogP contribution in [0.15, 0.2) is 46.3 Å². The summed E-state index contributed by atoms with van der Waals surface area (Å²) in [5.74, 6) is -2.98. The third-order valence-corrected chi connectivity index (χ3v) is 7.71. The Labute approximate surface area is 216 Å². The van der Waals surface area contributed by atoms with Crippen LogP contribution < -0.4 is 0 Å². The van der Waals surface area contributed by atoms with Gasteiger partial charge in [0.25, 0.3) is 0 Å². The zero-order valence-corrected chi connectivity index (χ0v) is 22.1. The molecule has 3 rings (SSSR count). The summed E-state index contributed by atoms with van der Waals surface area (Å²) >= 11 is 0. The van der Waals surface area contributed by atoms with E-state index in [0.717, 1.165) is 6.08 Å². The summed E-state index contributed by atoms with van der Waals surface area (Å²) in [5, 5.41) is 0. The fraction of sp³-hybridized carbons (Fsp3) is 0.536. The molecule has 1 aliphatic heterocycles. The number of hydrogen-bond acceptors (Lipinski definition) is 9. The lowest BCUT2D eigenvalue weighted by Crippen LogP contribution is -2.41. The summed E-state index contributed by atoms with van der Waals surface area (Å²) in [4.78, 5) is 63.5. The van der Waals surface area contributed by atoms with Crippen LogP contribution in [0.25, 0.3) is 0 Å². The number of methoxy groups -OCH3 is 2. The fourth-order valence-electron chi connectivity index (χ4n) is 5.55. The molecule has 0 saturated carbocycles. The number of carbonyl (C=O) groups is 5. The van der Waals surface area contributed by atoms with E-state index >= 15 is 0 Å². The van der Waals surface area contributed by atoms with Gasteiger partial charge in [-0.25, -0.2) is 4.79 Å². The molecule has 0 N–H and O–H groups in total. The average Bonchev–Trinajstić information content (AvgIpc) is 3.39. The highest BCUT2D eigenvalue weighted by molar-refractivity contribution is 6.09. The Morgan fingerprint density at radius 1 is 1.05 bits per heavy atom. The molecule has 0 spiro atoms. The largest absolute Gasteiger partial charge is 0.472 e. The van der Waals surface area contributed by atoms with E-state index in [1.165, 1.54) is 26.7 Å². The van der Waals surface area contributed by atoms with Gasteiger partial charge in [0.15, 0.2) is 11.6 Å². The van der Waals surface area contributed by atoms with Crippen molar-refractivity contribution in [1.29, 1.82) is 0 Å². The molecular formula is C28H34O9. The molecule has 2 heterocycles. The summed E-state index contributed by atoms with van der Waals surface area (Å²) in [6.45, 7) is 7.34. The highest BCUT2D eigenvalue weighted by Crippen LogP contribution is 2.50. The minimum absolute atomic E-state index is 0.00950. The lowest BCUT2D eigenvalue weighted by molar-refractivity contribution is -0.154. The number of hydrogen-bond donors (Lipinski definition) is 0. The van der Waals surface area contributed by atoms with Crippen molar-refractivity contribution in [2.24, 2.45) is 22.7 Å². The van der Waals surface area contributed by atoms with Gasteiger partial charge >= 0.3 is 17.9 Å². The minimum atomic E-state index is -1.07. The number of cyclic esters (lactones) is 1. The highest BCUT2D eigenvalue weighted by atomic mass is 16.5. The number of carbonyl (C=O) groups excluding carboxylic acids is 5. The molecule has 0 fully saturated rings. The Morgan fingerprint density at radius 2 is 1.73 bits per heavy atom. The second-order valence-corrected chi connectivity index (χ2v) is 10.6. The second-order valence-electron chi connectivity index (χ2n) is 10.6. The standard InChI is InChI=1S/C28H34O9/c1-16-19(12-23(31)35-6)27(2,3)14-18(25(16)33)11-21(29)20-13-24(32)37-26(17-8-10-36-15-17)28(20,4)9-7-22(30)34-5/h8,10,13-16,19,26H,7,9,11-12H2,1-6H3. The normalized spacial score (nSPS) is 27.0. The van der Waals surface area contributed by atoms with Crippen molar-refractivity contribution in [2.45, 2.75) is 59.5 Å². The van der Waals surface area contributed by atoms with Crippen LogP contribution in [0.2, 0.25) is 0 Å². The van der Waals surface area contributed by atoms with E-state index in [9.17, 15) is 24.0 Å². The van der Waals surface area contributed by atoms with E-state index in [4.69, 9.17) is 18.6 Å². The van der Waals surface area contributed by atoms with Crippen molar-refractivity contribution in [3.63, 3.8) is 0 Å². The van der Waals surface area contributed by atoms with Gasteiger partial charge in [0.05, 0.1) is 26.7 Å². The number of ketones is 2. The van der Waals surface area contributed by atoms with E-state index in [1.807, 2.05) is 13.8 Å². The first kappa shape index (κ1) is 28.1. The van der Waals surface area contributed by atoms with E-state index in [-0.39, 0.29) is 43.0 Å². The van der Waals surface area contributed by atoms with Gasteiger partial charge in [-0.05, 0) is 29.4 Å². The maximum Gasteiger partial charge on any atom is 0.331 e. The third kappa shape index (κ3) is 5.76. The van der Waals surface area contributed by atoms with E-state index in [0.29, 0.717) is 11.1 Å². The van der Waals surface area contributed by atoms with Crippen LogP contribution in [0.5, 0.6) is 0 Å². The molecule has 9 nitrogen and oxygen atoms in total. The Balaban J connectivity index is 1.96. The van der Waals surface area contributed by atoms with Crippen molar-refractivity contribution in [1.82, 2.24) is 0 Å². The topological polar surface area (TPSA) is 126 Å². The smallest absolute Gasteiger partial charge is 0.331 e. The maximum atomic E-state index is 13.7. The zero-order chi connectivity index (χ0) is 27.5. The number of ether oxygens (including phenoxy) is 3. The number of esters is 3. The van der Waals surface area contributed by atoms with Gasteiger partial charge in [-0.3, -0.25) is 19.2 Å². The van der Waals surface area contributed by atoms with Crippen LogP contribution in [0.3, 0.4) is 0 Å². The Morgan fingerprint density at radius 3 is 2.32 bits per heavy atom. The van der Waals surface area contributed by atoms with Crippen LogP contribution in [0, 0.1) is 22.7 Å². The quantitative estimate of drug-likeness (QED) is 0.354. The summed E-state index contributed by atoms with van der Waals surface area (Å²) in [6.07, 6.45) is 4.92. The minimum Gasteiger partial charge on any atom is -0.472 e. The molecule has 0 aromatic carbocycles. The van der Waals surface area contributed by atoms with Crippen LogP contribution in [-0.2, 0) is 38.2 Å². The molecule has 1 aromatic rings. The highest BCUT2D eigenvalue weighted by Gasteiger charge is 2.49. The van der Waals surface area contributed by atoms with Gasteiger partial charge in [-0.15, -0.1) is 0 Å². The number of rotatable bonds is 9. The number of allylic oxidation sites excluding steroid dienone is 2. The molecule has 1 aromatic heterocycles. The summed E-state index contributed by atoms with van der Waals surface area (Å²) in [7, 11) is 2.58. The third-order valence-electron chi connectivity index (χ3n) is 7.71. The van der Waals surface area contributed by atoms with Crippen molar-refractivity contribution in [2.75, 3.05) is 14.2 Å². The molecule has 1 aliphatic carbocycles. The molecule has 0 bridgehead atoms. The molecule has 4 unspecified atom stereocenters. The van der Waals surface area contributed by atoms with Crippen molar-refractivity contribution < 1.29 is 42.6 Å². The van der Waals surface area contributed by atoms with Gasteiger partial charge in [0, 0.05) is 47.8 Å². The van der Waals surface area contributed by atoms with Gasteiger partial charge in [0.2, 0.25) is 0 Å². The summed E-state index contributed by atoms with van der Waals surface area (Å²) < 4.78 is 20.4. The molecule has 200 valence electrons. The van der Waals surface area contributed by atoms with Crippen LogP contribution >= 0.6 is 0 Å². The van der Waals surface area contributed by atoms with Gasteiger partial charge in [-0.2, -0.15) is 0 Å². The summed E-state index contributed by atoms with van der Waals surface area (Å²) in [6, 6.07) is 1.64. The average molecular weight is 515 g/mol. The van der Waals surface area contributed by atoms with Crippen LogP contribution in [0.1, 0.15) is 65.0 Å². The van der Waals surface area contributed by atoms with Crippen molar-refractivity contribution >= 4 is 29.5 Å². The molecule has 2 aliphatic rings. The first-order valence-electron chi connectivity index (χ1n) is 12.2. The number of furan rings is 1. The molecule has 0 amide bonds. The first-order chi connectivity index (χ1) is 17.3. The lowest BCUT2D eigenvalue weighted by Gasteiger charge is -2.42. The second kappa shape index (κ2) is 10.9. The predicted molar refractivity (Wildman–Crippen MR) is 131 cm³/mol. The molecule has 9 heteroatoms. The zero-order valence-electron chi connectivity index (χ0n) is 22.1.